The minimum absolute atomic E-state index is 0. The molecule has 0 radical (unpaired) electrons. The highest BCUT2D eigenvalue weighted by atomic mass is 127. The van der Waals surface area contributed by atoms with Gasteiger partial charge in [-0.1, -0.05) is 32.6 Å². The van der Waals surface area contributed by atoms with Crippen molar-refractivity contribution in [3.05, 3.63) is 16.1 Å². The molecule has 1 aliphatic rings. The number of aryl methyl sites for hydroxylation is 1. The summed E-state index contributed by atoms with van der Waals surface area (Å²) in [5.41, 5.74) is 7.10. The Morgan fingerprint density at radius 3 is 2.67 bits per heavy atom. The van der Waals surface area contributed by atoms with E-state index in [2.05, 4.69) is 27.6 Å². The summed E-state index contributed by atoms with van der Waals surface area (Å²) in [5, 5.41) is 6.61. The van der Waals surface area contributed by atoms with Crippen LogP contribution in [0.15, 0.2) is 10.4 Å². The van der Waals surface area contributed by atoms with Crippen LogP contribution in [0.4, 0.5) is 0 Å². The summed E-state index contributed by atoms with van der Waals surface area (Å²) in [4.78, 5) is 8.99. The van der Waals surface area contributed by atoms with Crippen molar-refractivity contribution in [3.63, 3.8) is 0 Å². The molecule has 1 aromatic rings. The maximum absolute atomic E-state index is 6.01. The van der Waals surface area contributed by atoms with E-state index in [1.54, 1.807) is 11.3 Å². The first-order valence-electron chi connectivity index (χ1n) is 7.63. The van der Waals surface area contributed by atoms with Gasteiger partial charge in [0.2, 0.25) is 0 Å². The Morgan fingerprint density at radius 2 is 2.10 bits per heavy atom. The minimum Gasteiger partial charge on any atom is -0.370 e. The molecule has 6 heteroatoms. The molecule has 0 spiro atoms. The van der Waals surface area contributed by atoms with E-state index < -0.39 is 0 Å². The van der Waals surface area contributed by atoms with Crippen molar-refractivity contribution in [1.82, 2.24) is 10.3 Å². The van der Waals surface area contributed by atoms with Crippen LogP contribution in [0.5, 0.6) is 0 Å². The second kappa shape index (κ2) is 9.61. The van der Waals surface area contributed by atoms with Crippen LogP contribution in [0, 0.1) is 6.92 Å². The molecule has 120 valence electrons. The lowest BCUT2D eigenvalue weighted by molar-refractivity contribution is 0.529. The number of halogens is 1. The molecule has 21 heavy (non-hydrogen) atoms. The second-order valence-electron chi connectivity index (χ2n) is 5.79. The molecule has 0 amide bonds. The molecule has 0 bridgehead atoms. The van der Waals surface area contributed by atoms with E-state index in [0.29, 0.717) is 24.5 Å². The van der Waals surface area contributed by atoms with E-state index in [4.69, 9.17) is 5.73 Å². The molecule has 1 aliphatic carbocycles. The number of guanidine groups is 1. The van der Waals surface area contributed by atoms with Crippen LogP contribution in [0.2, 0.25) is 0 Å². The Bertz CT molecular complexity index is 439. The molecular formula is C15H27IN4S. The predicted octanol–water partition coefficient (Wildman–Crippen LogP) is 3.80. The molecular weight excluding hydrogens is 395 g/mol. The van der Waals surface area contributed by atoms with E-state index in [1.165, 1.54) is 38.5 Å². The lowest BCUT2D eigenvalue weighted by atomic mass is 10.1. The van der Waals surface area contributed by atoms with Crippen LogP contribution in [-0.2, 0) is 0 Å². The van der Waals surface area contributed by atoms with Gasteiger partial charge in [-0.3, -0.25) is 4.99 Å². The van der Waals surface area contributed by atoms with Crippen LogP contribution < -0.4 is 11.1 Å². The number of hydrogen-bond donors (Lipinski definition) is 2. The van der Waals surface area contributed by atoms with Crippen molar-refractivity contribution in [3.8, 4) is 0 Å². The van der Waals surface area contributed by atoms with E-state index >= 15 is 0 Å². The maximum atomic E-state index is 6.01. The van der Waals surface area contributed by atoms with Gasteiger partial charge in [0.25, 0.3) is 0 Å². The smallest absolute Gasteiger partial charge is 0.188 e. The normalized spacial score (nSPS) is 18.7. The number of thiazole rings is 1. The molecule has 1 fully saturated rings. The van der Waals surface area contributed by atoms with Gasteiger partial charge in [-0.05, 0) is 19.8 Å². The summed E-state index contributed by atoms with van der Waals surface area (Å²) in [7, 11) is 0. The van der Waals surface area contributed by atoms with Gasteiger partial charge >= 0.3 is 0 Å². The second-order valence-corrected chi connectivity index (χ2v) is 6.68. The Balaban J connectivity index is 0.00000220. The van der Waals surface area contributed by atoms with Crippen LogP contribution in [0.3, 0.4) is 0 Å². The Labute approximate surface area is 149 Å². The highest BCUT2D eigenvalue weighted by Gasteiger charge is 2.13. The third kappa shape index (κ3) is 6.50. The molecule has 1 saturated carbocycles. The summed E-state index contributed by atoms with van der Waals surface area (Å²) in [6.07, 6.45) is 7.76. The standard InChI is InChI=1S/C15H26N4S.HI/c1-11(14-18-12(2)10-20-14)9-17-15(16)19-13-7-5-3-4-6-8-13;/h10-11,13H,3-9H2,1-2H3,(H3,16,17,19);1H. The van der Waals surface area contributed by atoms with Crippen molar-refractivity contribution in [2.45, 2.75) is 64.3 Å². The molecule has 0 aliphatic heterocycles. The van der Waals surface area contributed by atoms with Crippen LogP contribution in [-0.4, -0.2) is 23.5 Å². The van der Waals surface area contributed by atoms with Crippen molar-refractivity contribution in [2.75, 3.05) is 6.54 Å². The number of rotatable bonds is 4. The summed E-state index contributed by atoms with van der Waals surface area (Å²) in [6, 6.07) is 0.513. The lowest BCUT2D eigenvalue weighted by Crippen LogP contribution is -2.40. The first-order chi connectivity index (χ1) is 9.65. The van der Waals surface area contributed by atoms with Crippen molar-refractivity contribution >= 4 is 41.3 Å². The zero-order valence-corrected chi connectivity index (χ0v) is 16.1. The Morgan fingerprint density at radius 1 is 1.43 bits per heavy atom. The van der Waals surface area contributed by atoms with Gasteiger partial charge in [-0.15, -0.1) is 35.3 Å². The monoisotopic (exact) mass is 422 g/mol. The van der Waals surface area contributed by atoms with Gasteiger partial charge in [0, 0.05) is 23.0 Å². The number of aromatic nitrogens is 1. The molecule has 1 heterocycles. The highest BCUT2D eigenvalue weighted by molar-refractivity contribution is 14.0. The van der Waals surface area contributed by atoms with Crippen LogP contribution in [0.1, 0.15) is 62.1 Å². The van der Waals surface area contributed by atoms with Crippen molar-refractivity contribution in [1.29, 1.82) is 0 Å². The third-order valence-corrected chi connectivity index (χ3v) is 5.00. The van der Waals surface area contributed by atoms with Crippen molar-refractivity contribution < 1.29 is 0 Å². The topological polar surface area (TPSA) is 63.3 Å². The first kappa shape index (κ1) is 18.7. The summed E-state index contributed by atoms with van der Waals surface area (Å²) in [6.45, 7) is 4.89. The molecule has 4 nitrogen and oxygen atoms in total. The maximum Gasteiger partial charge on any atom is 0.188 e. The SMILES string of the molecule is Cc1csc(C(C)CN=C(N)NC2CCCCCC2)n1.I. The summed E-state index contributed by atoms with van der Waals surface area (Å²) >= 11 is 1.71. The lowest BCUT2D eigenvalue weighted by Gasteiger charge is -2.17. The molecule has 1 atom stereocenters. The van der Waals surface area contributed by atoms with Crippen LogP contribution >= 0.6 is 35.3 Å². The van der Waals surface area contributed by atoms with Gasteiger partial charge in [0.05, 0.1) is 11.6 Å². The van der Waals surface area contributed by atoms with E-state index in [0.717, 1.165) is 10.7 Å². The van der Waals surface area contributed by atoms with Gasteiger partial charge in [-0.25, -0.2) is 4.98 Å². The average Bonchev–Trinajstić information content (AvgIpc) is 2.70. The van der Waals surface area contributed by atoms with Gasteiger partial charge < -0.3 is 11.1 Å². The minimum atomic E-state index is 0. The number of nitrogens with one attached hydrogen (secondary N) is 1. The van der Waals surface area contributed by atoms with E-state index in [-0.39, 0.29) is 24.0 Å². The third-order valence-electron chi connectivity index (χ3n) is 3.80. The zero-order chi connectivity index (χ0) is 14.4. The first-order valence-corrected chi connectivity index (χ1v) is 8.51. The van der Waals surface area contributed by atoms with Gasteiger partial charge in [0.15, 0.2) is 5.96 Å². The van der Waals surface area contributed by atoms with Crippen molar-refractivity contribution in [2.24, 2.45) is 10.7 Å². The largest absolute Gasteiger partial charge is 0.370 e. The van der Waals surface area contributed by atoms with E-state index in [1.807, 2.05) is 6.92 Å². The Hall–Kier alpha value is -0.370. The van der Waals surface area contributed by atoms with Crippen LogP contribution in [0.25, 0.3) is 0 Å². The molecule has 2 rings (SSSR count). The molecule has 1 aromatic heterocycles. The fraction of sp³-hybridized carbons (Fsp3) is 0.733. The zero-order valence-electron chi connectivity index (χ0n) is 13.0. The van der Waals surface area contributed by atoms with Gasteiger partial charge in [-0.2, -0.15) is 0 Å². The summed E-state index contributed by atoms with van der Waals surface area (Å²) < 4.78 is 0. The number of nitrogens with two attached hydrogens (primary N) is 1. The Kier molecular flexibility index (Phi) is 8.55. The average molecular weight is 422 g/mol. The fourth-order valence-corrected chi connectivity index (χ4v) is 3.44. The number of hydrogen-bond acceptors (Lipinski definition) is 3. The van der Waals surface area contributed by atoms with E-state index in [9.17, 15) is 0 Å². The molecule has 0 saturated heterocycles. The van der Waals surface area contributed by atoms with Gasteiger partial charge in [0.1, 0.15) is 0 Å². The quantitative estimate of drug-likeness (QED) is 0.336. The molecule has 1 unspecified atom stereocenters. The predicted molar refractivity (Wildman–Crippen MR) is 102 cm³/mol. The number of nitrogens with zero attached hydrogens (tertiary/aromatic N) is 2. The summed E-state index contributed by atoms with van der Waals surface area (Å²) in [5.74, 6) is 0.931. The molecule has 3 N–H and O–H groups in total. The molecule has 0 aromatic carbocycles. The highest BCUT2D eigenvalue weighted by Crippen LogP contribution is 2.20. The fourth-order valence-electron chi connectivity index (χ4n) is 2.59. The number of aliphatic imine (C=N–C) groups is 1.